The zero-order chi connectivity index (χ0) is 19.9. The normalized spacial score (nSPS) is 12.0. The van der Waals surface area contributed by atoms with Gasteiger partial charge in [-0.15, -0.1) is 11.8 Å². The lowest BCUT2D eigenvalue weighted by Crippen LogP contribution is -2.30. The van der Waals surface area contributed by atoms with Crippen molar-refractivity contribution in [2.45, 2.75) is 24.8 Å². The van der Waals surface area contributed by atoms with Crippen molar-refractivity contribution < 1.29 is 5.11 Å². The van der Waals surface area contributed by atoms with Gasteiger partial charge in [-0.2, -0.15) is 4.98 Å². The van der Waals surface area contributed by atoms with Crippen LogP contribution in [0.5, 0.6) is 0 Å². The molecular formula is C21H25N5OS. The number of hydrogen-bond donors (Lipinski definition) is 3. The number of aliphatic hydroxyl groups is 1. The van der Waals surface area contributed by atoms with Crippen LogP contribution in [-0.2, 0) is 0 Å². The summed E-state index contributed by atoms with van der Waals surface area (Å²) in [5.41, 5.74) is 2.62. The molecule has 7 heteroatoms. The zero-order valence-electron chi connectivity index (χ0n) is 16.3. The summed E-state index contributed by atoms with van der Waals surface area (Å²) in [6, 6.07) is 13.8. The summed E-state index contributed by atoms with van der Waals surface area (Å²) in [6.07, 6.45) is 5.56. The molecule has 0 unspecified atom stereocenters. The van der Waals surface area contributed by atoms with Gasteiger partial charge < -0.3 is 15.7 Å². The number of aliphatic hydroxyl groups excluding tert-OH is 1. The summed E-state index contributed by atoms with van der Waals surface area (Å²) >= 11 is 1.69. The first kappa shape index (κ1) is 20.1. The van der Waals surface area contributed by atoms with Crippen molar-refractivity contribution in [3.8, 4) is 11.3 Å². The van der Waals surface area contributed by atoms with Gasteiger partial charge in [0.05, 0.1) is 18.3 Å². The van der Waals surface area contributed by atoms with Gasteiger partial charge in [-0.3, -0.25) is 4.98 Å². The third-order valence-corrected chi connectivity index (χ3v) is 5.07. The van der Waals surface area contributed by atoms with E-state index >= 15 is 0 Å². The lowest BCUT2D eigenvalue weighted by atomic mass is 10.1. The van der Waals surface area contributed by atoms with Crippen molar-refractivity contribution in [3.63, 3.8) is 0 Å². The Morgan fingerprint density at radius 1 is 1.11 bits per heavy atom. The maximum atomic E-state index is 9.66. The second-order valence-corrected chi connectivity index (χ2v) is 7.62. The van der Waals surface area contributed by atoms with Gasteiger partial charge in [-0.05, 0) is 42.5 Å². The molecule has 3 rings (SSSR count). The Morgan fingerprint density at radius 2 is 1.96 bits per heavy atom. The highest BCUT2D eigenvalue weighted by Crippen LogP contribution is 2.25. The third-order valence-electron chi connectivity index (χ3n) is 4.34. The summed E-state index contributed by atoms with van der Waals surface area (Å²) in [4.78, 5) is 14.6. The molecule has 0 aliphatic heterocycles. The molecular weight excluding hydrogens is 370 g/mol. The molecule has 3 N–H and O–H groups in total. The first-order valence-electron chi connectivity index (χ1n) is 9.17. The predicted molar refractivity (Wildman–Crippen MR) is 116 cm³/mol. The summed E-state index contributed by atoms with van der Waals surface area (Å²) in [6.45, 7) is 4.11. The number of pyridine rings is 1. The molecule has 0 aliphatic rings. The van der Waals surface area contributed by atoms with Crippen molar-refractivity contribution in [1.82, 2.24) is 15.0 Å². The van der Waals surface area contributed by atoms with Crippen LogP contribution in [0, 0.1) is 5.92 Å². The minimum atomic E-state index is -0.128. The SMILES string of the molecule is CSc1cccc(Nc2cc(-c3cccnc3)nc(N[C@H](CO)C(C)C)n2)c1. The Morgan fingerprint density at radius 3 is 2.64 bits per heavy atom. The van der Waals surface area contributed by atoms with Crippen LogP contribution < -0.4 is 10.6 Å². The van der Waals surface area contributed by atoms with Crippen molar-refractivity contribution >= 4 is 29.2 Å². The van der Waals surface area contributed by atoms with Gasteiger partial charge in [-0.25, -0.2) is 4.98 Å². The van der Waals surface area contributed by atoms with E-state index in [1.807, 2.05) is 50.4 Å². The molecule has 0 saturated carbocycles. The van der Waals surface area contributed by atoms with Gasteiger partial charge >= 0.3 is 0 Å². The molecule has 0 amide bonds. The molecule has 2 heterocycles. The molecule has 28 heavy (non-hydrogen) atoms. The Balaban J connectivity index is 1.96. The number of nitrogens with zero attached hydrogens (tertiary/aromatic N) is 3. The molecule has 6 nitrogen and oxygen atoms in total. The highest BCUT2D eigenvalue weighted by Gasteiger charge is 2.15. The molecule has 0 radical (unpaired) electrons. The summed E-state index contributed by atoms with van der Waals surface area (Å²) in [7, 11) is 0. The number of rotatable bonds is 8. The van der Waals surface area contributed by atoms with Gasteiger partial charge in [0.25, 0.3) is 0 Å². The smallest absolute Gasteiger partial charge is 0.225 e. The van der Waals surface area contributed by atoms with Gasteiger partial charge in [0, 0.05) is 34.6 Å². The summed E-state index contributed by atoms with van der Waals surface area (Å²) in [5, 5.41) is 16.3. The third kappa shape index (κ3) is 5.21. The van der Waals surface area contributed by atoms with Gasteiger partial charge in [0.1, 0.15) is 5.82 Å². The molecule has 0 bridgehead atoms. The fourth-order valence-corrected chi connectivity index (χ4v) is 3.14. The van der Waals surface area contributed by atoms with Crippen molar-refractivity contribution in [3.05, 3.63) is 54.9 Å². The number of anilines is 3. The van der Waals surface area contributed by atoms with Crippen LogP contribution in [0.3, 0.4) is 0 Å². The minimum Gasteiger partial charge on any atom is -0.394 e. The molecule has 1 atom stereocenters. The van der Waals surface area contributed by atoms with E-state index in [0.29, 0.717) is 11.8 Å². The monoisotopic (exact) mass is 395 g/mol. The lowest BCUT2D eigenvalue weighted by Gasteiger charge is -2.20. The van der Waals surface area contributed by atoms with Crippen LogP contribution in [0.25, 0.3) is 11.3 Å². The van der Waals surface area contributed by atoms with Crippen LogP contribution >= 0.6 is 11.8 Å². The van der Waals surface area contributed by atoms with E-state index in [4.69, 9.17) is 0 Å². The first-order chi connectivity index (χ1) is 13.6. The summed E-state index contributed by atoms with van der Waals surface area (Å²) < 4.78 is 0. The van der Waals surface area contributed by atoms with E-state index in [0.717, 1.165) is 16.9 Å². The topological polar surface area (TPSA) is 83.0 Å². The number of hydrogen-bond acceptors (Lipinski definition) is 7. The summed E-state index contributed by atoms with van der Waals surface area (Å²) in [5.74, 6) is 1.39. The highest BCUT2D eigenvalue weighted by molar-refractivity contribution is 7.98. The second kappa shape index (κ2) is 9.52. The lowest BCUT2D eigenvalue weighted by molar-refractivity contribution is 0.248. The van der Waals surface area contributed by atoms with Gasteiger partial charge in [0.15, 0.2) is 0 Å². The average molecular weight is 396 g/mol. The van der Waals surface area contributed by atoms with E-state index in [1.165, 1.54) is 4.90 Å². The molecule has 0 aliphatic carbocycles. The van der Waals surface area contributed by atoms with Crippen molar-refractivity contribution in [2.75, 3.05) is 23.5 Å². The first-order valence-corrected chi connectivity index (χ1v) is 10.4. The zero-order valence-corrected chi connectivity index (χ0v) is 17.1. The number of benzene rings is 1. The van der Waals surface area contributed by atoms with Crippen LogP contribution in [-0.4, -0.2) is 39.0 Å². The molecule has 0 fully saturated rings. The molecule has 0 saturated heterocycles. The van der Waals surface area contributed by atoms with Gasteiger partial charge in [-0.1, -0.05) is 19.9 Å². The standard InChI is InChI=1S/C21H25N5OS/c1-14(2)19(13-27)25-21-24-18(15-6-5-9-22-12-15)11-20(26-21)23-16-7-4-8-17(10-16)28-3/h4-12,14,19,27H,13H2,1-3H3,(H2,23,24,25,26)/t19-/m1/s1. The Kier molecular flexibility index (Phi) is 6.84. The number of thioether (sulfide) groups is 1. The van der Waals surface area contributed by atoms with E-state index < -0.39 is 0 Å². The number of nitrogens with one attached hydrogen (secondary N) is 2. The van der Waals surface area contributed by atoms with Crippen LogP contribution in [0.1, 0.15) is 13.8 Å². The van der Waals surface area contributed by atoms with E-state index in [2.05, 4.69) is 37.7 Å². The predicted octanol–water partition coefficient (Wildman–Crippen LogP) is 4.43. The van der Waals surface area contributed by atoms with Gasteiger partial charge in [0.2, 0.25) is 5.95 Å². The molecule has 1 aromatic carbocycles. The van der Waals surface area contributed by atoms with Crippen molar-refractivity contribution in [1.29, 1.82) is 0 Å². The van der Waals surface area contributed by atoms with Crippen molar-refractivity contribution in [2.24, 2.45) is 5.92 Å². The minimum absolute atomic E-state index is 0.0106. The highest BCUT2D eigenvalue weighted by atomic mass is 32.2. The Labute approximate surface area is 169 Å². The molecule has 0 spiro atoms. The quantitative estimate of drug-likeness (QED) is 0.487. The Bertz CT molecular complexity index is 904. The average Bonchev–Trinajstić information content (AvgIpc) is 2.72. The fourth-order valence-electron chi connectivity index (χ4n) is 2.68. The van der Waals surface area contributed by atoms with Crippen LogP contribution in [0.4, 0.5) is 17.5 Å². The number of aromatic nitrogens is 3. The van der Waals surface area contributed by atoms with E-state index in [-0.39, 0.29) is 18.6 Å². The molecule has 3 aromatic rings. The maximum absolute atomic E-state index is 9.66. The fraction of sp³-hybridized carbons (Fsp3) is 0.286. The second-order valence-electron chi connectivity index (χ2n) is 6.74. The van der Waals surface area contributed by atoms with E-state index in [1.54, 1.807) is 24.2 Å². The van der Waals surface area contributed by atoms with Crippen LogP contribution in [0.2, 0.25) is 0 Å². The molecule has 2 aromatic heterocycles. The molecule has 146 valence electrons. The van der Waals surface area contributed by atoms with Crippen LogP contribution in [0.15, 0.2) is 59.8 Å². The van der Waals surface area contributed by atoms with E-state index in [9.17, 15) is 5.11 Å². The maximum Gasteiger partial charge on any atom is 0.225 e. The Hall–Kier alpha value is -2.64. The largest absolute Gasteiger partial charge is 0.394 e.